The van der Waals surface area contributed by atoms with Crippen molar-refractivity contribution in [1.29, 1.82) is 0 Å². The molecule has 0 atom stereocenters. The largest absolute Gasteiger partial charge is 0.473 e. The molecule has 6 aromatic rings. The minimum atomic E-state index is -0.410. The van der Waals surface area contributed by atoms with E-state index in [1.165, 1.54) is 6.20 Å². The molecule has 3 amide bonds. The van der Waals surface area contributed by atoms with Gasteiger partial charge in [0.25, 0.3) is 17.7 Å². The van der Waals surface area contributed by atoms with Gasteiger partial charge in [0.2, 0.25) is 0 Å². The molecule has 0 bridgehead atoms. The van der Waals surface area contributed by atoms with Crippen molar-refractivity contribution in [3.8, 4) is 5.75 Å². The number of aromatic nitrogens is 6. The number of nitrogens with zero attached hydrogens (tertiary/aromatic N) is 6. The molecule has 0 unspecified atom stereocenters. The van der Waals surface area contributed by atoms with E-state index in [0.29, 0.717) is 34.0 Å². The maximum atomic E-state index is 13.0. The smallest absolute Gasteiger partial charge is 0.291 e. The first kappa shape index (κ1) is 27.2. The van der Waals surface area contributed by atoms with Crippen LogP contribution in [0, 0.1) is 0 Å². The summed E-state index contributed by atoms with van der Waals surface area (Å²) in [6, 6.07) is 12.5. The van der Waals surface area contributed by atoms with Gasteiger partial charge in [-0.2, -0.15) is 0 Å². The van der Waals surface area contributed by atoms with Crippen molar-refractivity contribution in [2.45, 2.75) is 0 Å². The van der Waals surface area contributed by atoms with Gasteiger partial charge in [-0.3, -0.25) is 24.4 Å². The molecule has 0 spiro atoms. The van der Waals surface area contributed by atoms with Crippen LogP contribution in [0.15, 0.2) is 79.6 Å². The van der Waals surface area contributed by atoms with E-state index in [4.69, 9.17) is 4.74 Å². The first-order chi connectivity index (χ1) is 20.8. The van der Waals surface area contributed by atoms with Crippen molar-refractivity contribution in [2.24, 2.45) is 21.1 Å². The van der Waals surface area contributed by atoms with E-state index in [1.807, 2.05) is 30.3 Å². The first-order valence-electron chi connectivity index (χ1n) is 13.2. The summed E-state index contributed by atoms with van der Waals surface area (Å²) >= 11 is 0. The Bertz CT molecular complexity index is 2020. The van der Waals surface area contributed by atoms with Gasteiger partial charge >= 0.3 is 0 Å². The Morgan fingerprint density at radius 1 is 0.744 bits per heavy atom. The highest BCUT2D eigenvalue weighted by Crippen LogP contribution is 2.30. The van der Waals surface area contributed by atoms with Gasteiger partial charge < -0.3 is 34.4 Å². The average Bonchev–Trinajstić information content (AvgIpc) is 3.70. The van der Waals surface area contributed by atoms with E-state index in [0.717, 1.165) is 16.3 Å². The Morgan fingerprint density at radius 2 is 1.40 bits per heavy atom. The molecular formula is C30H27N9O4. The van der Waals surface area contributed by atoms with E-state index >= 15 is 0 Å². The fourth-order valence-corrected chi connectivity index (χ4v) is 4.82. The van der Waals surface area contributed by atoms with Crippen molar-refractivity contribution >= 4 is 50.9 Å². The quantitative estimate of drug-likeness (QED) is 0.185. The van der Waals surface area contributed by atoms with Gasteiger partial charge in [0.15, 0.2) is 12.6 Å². The van der Waals surface area contributed by atoms with Crippen LogP contribution in [0.25, 0.3) is 21.8 Å². The molecule has 6 rings (SSSR count). The Balaban J connectivity index is 1.10. The van der Waals surface area contributed by atoms with Crippen LogP contribution in [0.5, 0.6) is 5.75 Å². The van der Waals surface area contributed by atoms with Gasteiger partial charge in [0.1, 0.15) is 22.7 Å². The molecule has 0 aliphatic rings. The highest BCUT2D eigenvalue weighted by molar-refractivity contribution is 6.07. The number of carbonyl (C=O) groups is 3. The van der Waals surface area contributed by atoms with Crippen LogP contribution >= 0.6 is 0 Å². The first-order valence-corrected chi connectivity index (χ1v) is 13.2. The summed E-state index contributed by atoms with van der Waals surface area (Å²) in [5.74, 6) is -0.370. The van der Waals surface area contributed by atoms with Crippen molar-refractivity contribution in [3.63, 3.8) is 0 Å². The van der Waals surface area contributed by atoms with Crippen LogP contribution < -0.4 is 20.7 Å². The highest BCUT2D eigenvalue weighted by Gasteiger charge is 2.18. The number of anilines is 2. The zero-order valence-corrected chi connectivity index (χ0v) is 23.5. The summed E-state index contributed by atoms with van der Waals surface area (Å²) in [7, 11) is 5.12. The number of amides is 3. The minimum absolute atomic E-state index is 0.0857. The maximum absolute atomic E-state index is 13.0. The van der Waals surface area contributed by atoms with Crippen LogP contribution in [0.3, 0.4) is 0 Å². The third-order valence-corrected chi connectivity index (χ3v) is 6.90. The van der Waals surface area contributed by atoms with Crippen molar-refractivity contribution < 1.29 is 19.1 Å². The Morgan fingerprint density at radius 3 is 2.09 bits per heavy atom. The molecule has 1 aromatic carbocycles. The second-order valence-electron chi connectivity index (χ2n) is 9.86. The third kappa shape index (κ3) is 5.38. The zero-order chi connectivity index (χ0) is 30.1. The summed E-state index contributed by atoms with van der Waals surface area (Å²) in [6.45, 7) is -0.0857. The van der Waals surface area contributed by atoms with E-state index in [9.17, 15) is 14.4 Å². The van der Waals surface area contributed by atoms with Crippen LogP contribution in [-0.2, 0) is 21.1 Å². The van der Waals surface area contributed by atoms with Crippen LogP contribution in [0.2, 0.25) is 0 Å². The molecule has 13 heteroatoms. The monoisotopic (exact) mass is 577 g/mol. The molecule has 3 N–H and O–H groups in total. The van der Waals surface area contributed by atoms with Crippen LogP contribution in [-0.4, -0.2) is 53.1 Å². The topological polar surface area (TPSA) is 150 Å². The van der Waals surface area contributed by atoms with E-state index in [1.54, 1.807) is 78.0 Å². The summed E-state index contributed by atoms with van der Waals surface area (Å²) in [6.07, 6.45) is 9.88. The van der Waals surface area contributed by atoms with E-state index in [2.05, 4.69) is 30.9 Å². The van der Waals surface area contributed by atoms with Crippen molar-refractivity contribution in [1.82, 2.24) is 34.0 Å². The lowest BCUT2D eigenvalue weighted by Gasteiger charge is -2.12. The molecule has 43 heavy (non-hydrogen) atoms. The SMILES string of the molecule is Cn1cc(NC(=O)c2cc(NC(=O)c3nccn3C)cn2C)cc1C(=O)NCOc1cc2cccnc2c2ncccc12. The molecule has 5 heterocycles. The van der Waals surface area contributed by atoms with E-state index < -0.39 is 11.8 Å². The van der Waals surface area contributed by atoms with Crippen molar-refractivity contribution in [3.05, 3.63) is 96.9 Å². The second-order valence-corrected chi connectivity index (χ2v) is 9.86. The van der Waals surface area contributed by atoms with E-state index in [-0.39, 0.29) is 18.5 Å². The summed E-state index contributed by atoms with van der Waals surface area (Å²) in [5, 5.41) is 9.97. The molecule has 13 nitrogen and oxygen atoms in total. The molecule has 0 radical (unpaired) electrons. The lowest BCUT2D eigenvalue weighted by Crippen LogP contribution is -2.29. The summed E-state index contributed by atoms with van der Waals surface area (Å²) < 4.78 is 10.7. The molecule has 0 fully saturated rings. The normalized spacial score (nSPS) is 11.0. The number of nitrogens with one attached hydrogen (secondary N) is 3. The second kappa shape index (κ2) is 11.1. The number of rotatable bonds is 8. The number of imidazole rings is 1. The minimum Gasteiger partial charge on any atom is -0.473 e. The molecule has 0 aliphatic carbocycles. The average molecular weight is 578 g/mol. The van der Waals surface area contributed by atoms with Crippen LogP contribution in [0.4, 0.5) is 11.4 Å². The van der Waals surface area contributed by atoms with Gasteiger partial charge in [-0.05, 0) is 36.4 Å². The molecular weight excluding hydrogens is 550 g/mol. The maximum Gasteiger partial charge on any atom is 0.291 e. The number of benzene rings is 1. The number of hydrogen-bond donors (Lipinski definition) is 3. The number of fused-ring (bicyclic) bond motifs is 3. The molecule has 216 valence electrons. The third-order valence-electron chi connectivity index (χ3n) is 6.90. The van der Waals surface area contributed by atoms with Gasteiger partial charge in [-0.1, -0.05) is 6.07 Å². The Labute approximate surface area is 245 Å². The lowest BCUT2D eigenvalue weighted by atomic mass is 10.1. The van der Waals surface area contributed by atoms with Gasteiger partial charge in [0, 0.05) is 69.1 Å². The predicted molar refractivity (Wildman–Crippen MR) is 160 cm³/mol. The molecule has 0 aliphatic heterocycles. The highest BCUT2D eigenvalue weighted by atomic mass is 16.5. The standard InChI is InChI=1S/C30H27N9O4/c1-37-11-10-33-27(37)30(42)36-20-14-23(39(3)16-20)29(41)35-19-13-22(38(2)15-19)28(40)34-17-43-24-12-18-6-4-8-31-25(18)26-21(24)7-5-9-32-26/h4-16H,17H2,1-3H3,(H,34,40)(H,35,41)(H,36,42). The fourth-order valence-electron chi connectivity index (χ4n) is 4.82. The summed E-state index contributed by atoms with van der Waals surface area (Å²) in [5.41, 5.74) is 2.99. The Hall–Kier alpha value is -5.98. The van der Waals surface area contributed by atoms with Gasteiger partial charge in [-0.15, -0.1) is 0 Å². The van der Waals surface area contributed by atoms with Gasteiger partial charge in [0.05, 0.1) is 16.9 Å². The predicted octanol–water partition coefficient (Wildman–Crippen LogP) is 3.46. The number of pyridine rings is 2. The van der Waals surface area contributed by atoms with Crippen molar-refractivity contribution in [2.75, 3.05) is 17.4 Å². The number of carbonyl (C=O) groups excluding carboxylic acids is 3. The fraction of sp³-hybridized carbons (Fsp3) is 0.133. The molecule has 0 saturated carbocycles. The number of ether oxygens (including phenoxy) is 1. The van der Waals surface area contributed by atoms with Gasteiger partial charge in [-0.25, -0.2) is 4.98 Å². The lowest BCUT2D eigenvalue weighted by molar-refractivity contribution is 0.0910. The zero-order valence-electron chi connectivity index (χ0n) is 23.5. The number of aryl methyl sites for hydroxylation is 3. The Kier molecular flexibility index (Phi) is 7.04. The number of hydrogen-bond acceptors (Lipinski definition) is 7. The summed E-state index contributed by atoms with van der Waals surface area (Å²) in [4.78, 5) is 51.4. The van der Waals surface area contributed by atoms with Crippen LogP contribution in [0.1, 0.15) is 31.6 Å². The molecule has 0 saturated heterocycles. The molecule has 5 aromatic heterocycles.